The van der Waals surface area contributed by atoms with Gasteiger partial charge in [0.05, 0.1) is 13.2 Å². The molecule has 100 valence electrons. The van der Waals surface area contributed by atoms with Gasteiger partial charge in [0.2, 0.25) is 0 Å². The van der Waals surface area contributed by atoms with Crippen molar-refractivity contribution in [2.45, 2.75) is 32.9 Å². The van der Waals surface area contributed by atoms with E-state index in [1.54, 1.807) is 7.11 Å². The second-order valence-corrected chi connectivity index (χ2v) is 5.16. The van der Waals surface area contributed by atoms with Crippen LogP contribution in [0.25, 0.3) is 11.3 Å². The molecule has 1 aromatic heterocycles. The molecule has 0 N–H and O–H groups in total. The number of hydrogen-bond acceptors (Lipinski definition) is 2. The molecule has 1 aliphatic rings. The maximum absolute atomic E-state index is 5.84. The fourth-order valence-electron chi connectivity index (χ4n) is 2.65. The molecule has 3 nitrogen and oxygen atoms in total. The molecule has 3 heteroatoms. The Morgan fingerprint density at radius 2 is 2.05 bits per heavy atom. The molecule has 0 spiro atoms. The number of methoxy groups -OCH3 is 1. The zero-order chi connectivity index (χ0) is 13.4. The van der Waals surface area contributed by atoms with Gasteiger partial charge in [-0.05, 0) is 50.1 Å². The summed E-state index contributed by atoms with van der Waals surface area (Å²) >= 11 is 0. The number of fused-ring (bicyclic) bond motifs is 3. The van der Waals surface area contributed by atoms with Crippen LogP contribution < -0.4 is 9.47 Å². The van der Waals surface area contributed by atoms with Crippen LogP contribution in [0, 0.1) is 0 Å². The molecule has 0 atom stereocenters. The molecule has 2 heterocycles. The van der Waals surface area contributed by atoms with Crippen LogP contribution in [0.4, 0.5) is 0 Å². The molecular formula is C16H19NO2. The fraction of sp³-hybridized carbons (Fsp3) is 0.375. The van der Waals surface area contributed by atoms with E-state index in [0.29, 0.717) is 0 Å². The standard InChI is InChI=1S/C16H19NO2/c1-11(2)19-16-9-12-6-8-17-7-4-5-14(17)13(12)10-15(16)18-3/h4-5,7,9-11H,6,8H2,1-3H3. The van der Waals surface area contributed by atoms with Gasteiger partial charge in [0.25, 0.3) is 0 Å². The van der Waals surface area contributed by atoms with Crippen molar-refractivity contribution < 1.29 is 9.47 Å². The van der Waals surface area contributed by atoms with E-state index in [1.807, 2.05) is 13.8 Å². The number of nitrogens with zero attached hydrogens (tertiary/aromatic N) is 1. The molecule has 0 bridgehead atoms. The Bertz CT molecular complexity index is 599. The number of hydrogen-bond donors (Lipinski definition) is 0. The first kappa shape index (κ1) is 12.2. The van der Waals surface area contributed by atoms with Gasteiger partial charge in [-0.3, -0.25) is 0 Å². The lowest BCUT2D eigenvalue weighted by atomic mass is 9.98. The van der Waals surface area contributed by atoms with Crippen molar-refractivity contribution in [3.05, 3.63) is 36.0 Å². The Balaban J connectivity index is 2.10. The molecule has 0 saturated heterocycles. The summed E-state index contributed by atoms with van der Waals surface area (Å²) in [5.41, 5.74) is 3.85. The first-order valence-electron chi connectivity index (χ1n) is 6.72. The summed E-state index contributed by atoms with van der Waals surface area (Å²) in [4.78, 5) is 0. The minimum atomic E-state index is 0.152. The van der Waals surface area contributed by atoms with E-state index in [9.17, 15) is 0 Å². The highest BCUT2D eigenvalue weighted by Crippen LogP contribution is 2.38. The van der Waals surface area contributed by atoms with E-state index in [1.165, 1.54) is 16.8 Å². The summed E-state index contributed by atoms with van der Waals surface area (Å²) in [5, 5.41) is 0. The molecule has 0 fully saturated rings. The van der Waals surface area contributed by atoms with Crippen LogP contribution in [-0.2, 0) is 13.0 Å². The summed E-state index contributed by atoms with van der Waals surface area (Å²) in [6.45, 7) is 5.09. The van der Waals surface area contributed by atoms with Gasteiger partial charge in [-0.15, -0.1) is 0 Å². The topological polar surface area (TPSA) is 23.4 Å². The lowest BCUT2D eigenvalue weighted by molar-refractivity contribution is 0.230. The molecule has 1 aromatic carbocycles. The van der Waals surface area contributed by atoms with E-state index < -0.39 is 0 Å². The highest BCUT2D eigenvalue weighted by molar-refractivity contribution is 5.70. The Morgan fingerprint density at radius 3 is 2.79 bits per heavy atom. The summed E-state index contributed by atoms with van der Waals surface area (Å²) < 4.78 is 13.6. The van der Waals surface area contributed by atoms with E-state index >= 15 is 0 Å². The van der Waals surface area contributed by atoms with Crippen molar-refractivity contribution in [3.8, 4) is 22.8 Å². The van der Waals surface area contributed by atoms with Crippen molar-refractivity contribution in [1.82, 2.24) is 4.57 Å². The third-order valence-electron chi connectivity index (χ3n) is 3.48. The maximum Gasteiger partial charge on any atom is 0.161 e. The first-order valence-corrected chi connectivity index (χ1v) is 6.72. The lowest BCUT2D eigenvalue weighted by Gasteiger charge is -2.22. The number of ether oxygens (including phenoxy) is 2. The molecule has 0 amide bonds. The lowest BCUT2D eigenvalue weighted by Crippen LogP contribution is -2.12. The van der Waals surface area contributed by atoms with Crippen molar-refractivity contribution in [1.29, 1.82) is 0 Å². The highest BCUT2D eigenvalue weighted by Gasteiger charge is 2.19. The predicted molar refractivity (Wildman–Crippen MR) is 75.9 cm³/mol. The number of aryl methyl sites for hydroxylation is 2. The minimum Gasteiger partial charge on any atom is -0.493 e. The number of rotatable bonds is 3. The smallest absolute Gasteiger partial charge is 0.161 e. The second kappa shape index (κ2) is 4.65. The maximum atomic E-state index is 5.84. The van der Waals surface area contributed by atoms with Crippen LogP contribution in [0.1, 0.15) is 19.4 Å². The Kier molecular flexibility index (Phi) is 2.97. The van der Waals surface area contributed by atoms with Crippen LogP contribution in [0.15, 0.2) is 30.5 Å². The largest absolute Gasteiger partial charge is 0.493 e. The zero-order valence-electron chi connectivity index (χ0n) is 11.6. The van der Waals surface area contributed by atoms with Crippen LogP contribution in [-0.4, -0.2) is 17.8 Å². The van der Waals surface area contributed by atoms with E-state index in [4.69, 9.17) is 9.47 Å². The Hall–Kier alpha value is -1.90. The third kappa shape index (κ3) is 2.09. The zero-order valence-corrected chi connectivity index (χ0v) is 11.6. The van der Waals surface area contributed by atoms with Gasteiger partial charge in [-0.2, -0.15) is 0 Å². The molecule has 0 radical (unpaired) electrons. The Morgan fingerprint density at radius 1 is 1.21 bits per heavy atom. The van der Waals surface area contributed by atoms with Crippen molar-refractivity contribution in [2.75, 3.05) is 7.11 Å². The molecule has 0 saturated carbocycles. The van der Waals surface area contributed by atoms with Gasteiger partial charge >= 0.3 is 0 Å². The van der Waals surface area contributed by atoms with Crippen molar-refractivity contribution >= 4 is 0 Å². The van der Waals surface area contributed by atoms with Gasteiger partial charge in [0.1, 0.15) is 0 Å². The van der Waals surface area contributed by atoms with E-state index in [2.05, 4.69) is 35.0 Å². The third-order valence-corrected chi connectivity index (χ3v) is 3.48. The van der Waals surface area contributed by atoms with E-state index in [-0.39, 0.29) is 6.10 Å². The van der Waals surface area contributed by atoms with Crippen LogP contribution in [0.5, 0.6) is 11.5 Å². The molecule has 3 rings (SSSR count). The molecule has 0 aliphatic carbocycles. The molecular weight excluding hydrogens is 238 g/mol. The van der Waals surface area contributed by atoms with Gasteiger partial charge in [-0.1, -0.05) is 0 Å². The Labute approximate surface area is 113 Å². The van der Waals surface area contributed by atoms with E-state index in [0.717, 1.165) is 24.5 Å². The van der Waals surface area contributed by atoms with Gasteiger partial charge in [-0.25, -0.2) is 0 Å². The first-order chi connectivity index (χ1) is 9.19. The second-order valence-electron chi connectivity index (χ2n) is 5.16. The molecule has 0 unspecified atom stereocenters. The summed E-state index contributed by atoms with van der Waals surface area (Å²) in [7, 11) is 1.69. The van der Waals surface area contributed by atoms with Crippen LogP contribution in [0.3, 0.4) is 0 Å². The molecule has 19 heavy (non-hydrogen) atoms. The number of benzene rings is 1. The van der Waals surface area contributed by atoms with Gasteiger partial charge in [0.15, 0.2) is 11.5 Å². The monoisotopic (exact) mass is 257 g/mol. The number of aromatic nitrogens is 1. The molecule has 1 aliphatic heterocycles. The quantitative estimate of drug-likeness (QED) is 0.840. The summed E-state index contributed by atoms with van der Waals surface area (Å²) in [6, 6.07) is 8.47. The van der Waals surface area contributed by atoms with Crippen molar-refractivity contribution in [2.24, 2.45) is 0 Å². The highest BCUT2D eigenvalue weighted by atomic mass is 16.5. The minimum absolute atomic E-state index is 0.152. The molecule has 2 aromatic rings. The normalized spacial score (nSPS) is 13.1. The predicted octanol–water partition coefficient (Wildman–Crippen LogP) is 3.51. The van der Waals surface area contributed by atoms with Crippen molar-refractivity contribution in [3.63, 3.8) is 0 Å². The van der Waals surface area contributed by atoms with Gasteiger partial charge < -0.3 is 14.0 Å². The average molecular weight is 257 g/mol. The summed E-state index contributed by atoms with van der Waals surface area (Å²) in [6.07, 6.45) is 3.32. The fourth-order valence-corrected chi connectivity index (χ4v) is 2.65. The van der Waals surface area contributed by atoms with Gasteiger partial charge in [0, 0.05) is 24.0 Å². The SMILES string of the molecule is COc1cc2c(cc1OC(C)C)CCn1cccc1-2. The van der Waals surface area contributed by atoms with Crippen LogP contribution in [0.2, 0.25) is 0 Å². The summed E-state index contributed by atoms with van der Waals surface area (Å²) in [5.74, 6) is 1.65. The average Bonchev–Trinajstić information content (AvgIpc) is 2.85. The van der Waals surface area contributed by atoms with Crippen LogP contribution >= 0.6 is 0 Å².